The van der Waals surface area contributed by atoms with Crippen molar-refractivity contribution in [2.45, 2.75) is 19.4 Å². The Morgan fingerprint density at radius 2 is 2.06 bits per heavy atom. The molecule has 0 aromatic heterocycles. The van der Waals surface area contributed by atoms with Crippen LogP contribution in [0.25, 0.3) is 0 Å². The second-order valence-electron chi connectivity index (χ2n) is 4.28. The first kappa shape index (κ1) is 13.4. The van der Waals surface area contributed by atoms with Crippen LogP contribution in [0.15, 0.2) is 0 Å². The van der Waals surface area contributed by atoms with E-state index in [0.29, 0.717) is 0 Å². The Morgan fingerprint density at radius 1 is 1.47 bits per heavy atom. The van der Waals surface area contributed by atoms with Gasteiger partial charge in [-0.05, 0) is 19.0 Å². The summed E-state index contributed by atoms with van der Waals surface area (Å²) in [5.74, 6) is -2.42. The zero-order valence-corrected chi connectivity index (χ0v) is 9.60. The molecular weight excluding hydrogens is 226 g/mol. The number of carboxylic acid groups (broad SMARTS) is 1. The molecule has 0 aromatic carbocycles. The highest BCUT2D eigenvalue weighted by atomic mass is 16.4. The van der Waals surface area contributed by atoms with E-state index in [1.54, 1.807) is 6.92 Å². The lowest BCUT2D eigenvalue weighted by Crippen LogP contribution is -2.52. The van der Waals surface area contributed by atoms with E-state index in [4.69, 9.17) is 10.8 Å². The van der Waals surface area contributed by atoms with Crippen molar-refractivity contribution in [3.63, 3.8) is 0 Å². The van der Waals surface area contributed by atoms with Gasteiger partial charge in [-0.2, -0.15) is 0 Å². The normalized spacial score (nSPS) is 18.9. The number of nitrogens with two attached hydrogens (primary N) is 1. The van der Waals surface area contributed by atoms with E-state index in [9.17, 15) is 14.4 Å². The molecule has 0 spiro atoms. The second kappa shape index (κ2) is 5.62. The third-order valence-electron chi connectivity index (χ3n) is 2.95. The summed E-state index contributed by atoms with van der Waals surface area (Å²) in [5.41, 5.74) is 4.92. The molecule has 2 unspecified atom stereocenters. The highest BCUT2D eigenvalue weighted by Gasteiger charge is 2.31. The molecule has 17 heavy (non-hydrogen) atoms. The first-order valence-electron chi connectivity index (χ1n) is 5.44. The van der Waals surface area contributed by atoms with Crippen molar-refractivity contribution in [1.82, 2.24) is 10.6 Å². The van der Waals surface area contributed by atoms with Gasteiger partial charge in [0.25, 0.3) is 0 Å². The zero-order chi connectivity index (χ0) is 13.0. The van der Waals surface area contributed by atoms with Crippen LogP contribution in [0.2, 0.25) is 0 Å². The summed E-state index contributed by atoms with van der Waals surface area (Å²) in [6.07, 6.45) is -0.392. The van der Waals surface area contributed by atoms with Crippen LogP contribution in [0.5, 0.6) is 0 Å². The summed E-state index contributed by atoms with van der Waals surface area (Å²) in [5, 5.41) is 14.2. The van der Waals surface area contributed by atoms with E-state index in [1.165, 1.54) is 0 Å². The van der Waals surface area contributed by atoms with Gasteiger partial charge in [0.2, 0.25) is 11.8 Å². The van der Waals surface area contributed by atoms with Gasteiger partial charge in [0, 0.05) is 5.92 Å². The predicted molar refractivity (Wildman–Crippen MR) is 58.9 cm³/mol. The Hall–Kier alpha value is -1.63. The highest BCUT2D eigenvalue weighted by Crippen LogP contribution is 2.16. The van der Waals surface area contributed by atoms with Crippen LogP contribution in [0, 0.1) is 11.8 Å². The molecule has 2 amide bonds. The summed E-state index contributed by atoms with van der Waals surface area (Å²) in [4.78, 5) is 33.2. The quantitative estimate of drug-likeness (QED) is 0.442. The van der Waals surface area contributed by atoms with Crippen LogP contribution < -0.4 is 16.4 Å². The Morgan fingerprint density at radius 3 is 2.41 bits per heavy atom. The fourth-order valence-corrected chi connectivity index (χ4v) is 1.58. The largest absolute Gasteiger partial charge is 0.480 e. The number of amides is 2. The number of rotatable bonds is 6. The van der Waals surface area contributed by atoms with Crippen LogP contribution in [0.3, 0.4) is 0 Å². The van der Waals surface area contributed by atoms with Crippen LogP contribution in [-0.4, -0.2) is 42.0 Å². The lowest BCUT2D eigenvalue weighted by molar-refractivity contribution is -0.144. The molecule has 0 bridgehead atoms. The third-order valence-corrected chi connectivity index (χ3v) is 2.95. The van der Waals surface area contributed by atoms with Gasteiger partial charge in [0.1, 0.15) is 6.04 Å². The minimum absolute atomic E-state index is 0.220. The van der Waals surface area contributed by atoms with Gasteiger partial charge in [-0.15, -0.1) is 0 Å². The van der Waals surface area contributed by atoms with Gasteiger partial charge >= 0.3 is 5.97 Å². The molecule has 1 fully saturated rings. The van der Waals surface area contributed by atoms with Gasteiger partial charge in [-0.1, -0.05) is 6.92 Å². The monoisotopic (exact) mass is 243 g/mol. The van der Waals surface area contributed by atoms with E-state index in [0.717, 1.165) is 13.1 Å². The van der Waals surface area contributed by atoms with E-state index in [-0.39, 0.29) is 17.7 Å². The van der Waals surface area contributed by atoms with Gasteiger partial charge < -0.3 is 21.5 Å². The van der Waals surface area contributed by atoms with E-state index in [1.807, 2.05) is 0 Å². The molecular formula is C10H17N3O4. The summed E-state index contributed by atoms with van der Waals surface area (Å²) in [7, 11) is 0. The van der Waals surface area contributed by atoms with Crippen molar-refractivity contribution in [2.24, 2.45) is 17.6 Å². The molecule has 0 saturated carbocycles. The zero-order valence-electron chi connectivity index (χ0n) is 9.60. The van der Waals surface area contributed by atoms with Crippen LogP contribution in [0.1, 0.15) is 13.3 Å². The molecule has 1 rings (SSSR count). The Bertz CT molecular complexity index is 328. The standard InChI is InChI=1S/C10H17N3O4/c1-5(6-3-12-4-6)9(15)13-7(10(16)17)2-8(11)14/h5-7,12H,2-4H2,1H3,(H2,11,14)(H,13,15)(H,16,17). The van der Waals surface area contributed by atoms with E-state index >= 15 is 0 Å². The van der Waals surface area contributed by atoms with Gasteiger partial charge in [0.05, 0.1) is 6.42 Å². The smallest absolute Gasteiger partial charge is 0.326 e. The molecule has 7 heteroatoms. The molecule has 2 atom stereocenters. The van der Waals surface area contributed by atoms with E-state index < -0.39 is 24.3 Å². The number of hydrogen-bond donors (Lipinski definition) is 4. The maximum absolute atomic E-state index is 11.7. The maximum atomic E-state index is 11.7. The van der Waals surface area contributed by atoms with Crippen molar-refractivity contribution >= 4 is 17.8 Å². The molecule has 1 saturated heterocycles. The van der Waals surface area contributed by atoms with E-state index in [2.05, 4.69) is 10.6 Å². The number of carbonyl (C=O) groups excluding carboxylic acids is 2. The van der Waals surface area contributed by atoms with Crippen LogP contribution in [-0.2, 0) is 14.4 Å². The first-order chi connectivity index (χ1) is 7.91. The van der Waals surface area contributed by atoms with Crippen molar-refractivity contribution < 1.29 is 19.5 Å². The third kappa shape index (κ3) is 3.70. The summed E-state index contributed by atoms with van der Waals surface area (Å²) < 4.78 is 0. The van der Waals surface area contributed by atoms with Crippen LogP contribution >= 0.6 is 0 Å². The molecule has 1 aliphatic heterocycles. The Labute approximate surface area is 98.7 Å². The summed E-state index contributed by atoms with van der Waals surface area (Å²) >= 11 is 0. The van der Waals surface area contributed by atoms with Crippen molar-refractivity contribution in [3.05, 3.63) is 0 Å². The molecule has 1 aliphatic rings. The highest BCUT2D eigenvalue weighted by molar-refractivity contribution is 5.88. The number of primary amides is 1. The first-order valence-corrected chi connectivity index (χ1v) is 5.44. The number of nitrogens with one attached hydrogen (secondary N) is 2. The summed E-state index contributed by atoms with van der Waals surface area (Å²) in [6, 6.07) is -1.24. The Kier molecular flexibility index (Phi) is 4.45. The fourth-order valence-electron chi connectivity index (χ4n) is 1.58. The molecule has 5 N–H and O–H groups in total. The van der Waals surface area contributed by atoms with Crippen molar-refractivity contribution in [3.8, 4) is 0 Å². The molecule has 7 nitrogen and oxygen atoms in total. The van der Waals surface area contributed by atoms with Crippen LogP contribution in [0.4, 0.5) is 0 Å². The predicted octanol–water partition coefficient (Wildman–Crippen LogP) is -1.71. The minimum atomic E-state index is -1.25. The number of carbonyl (C=O) groups is 3. The van der Waals surface area contributed by atoms with Crippen molar-refractivity contribution in [2.75, 3.05) is 13.1 Å². The Balaban J connectivity index is 2.50. The van der Waals surface area contributed by atoms with Gasteiger partial charge in [0.15, 0.2) is 0 Å². The summed E-state index contributed by atoms with van der Waals surface area (Å²) in [6.45, 7) is 3.24. The number of carboxylic acids is 1. The average Bonchev–Trinajstić information content (AvgIpc) is 2.12. The van der Waals surface area contributed by atoms with Gasteiger partial charge in [-0.3, -0.25) is 9.59 Å². The molecule has 0 radical (unpaired) electrons. The molecule has 96 valence electrons. The number of aliphatic carboxylic acids is 1. The maximum Gasteiger partial charge on any atom is 0.326 e. The van der Waals surface area contributed by atoms with Gasteiger partial charge in [-0.25, -0.2) is 4.79 Å². The SMILES string of the molecule is CC(C(=O)NC(CC(N)=O)C(=O)O)C1CNC1. The molecule has 0 aromatic rings. The minimum Gasteiger partial charge on any atom is -0.480 e. The van der Waals surface area contributed by atoms with Crippen molar-refractivity contribution in [1.29, 1.82) is 0 Å². The lowest BCUT2D eigenvalue weighted by atomic mass is 9.88. The topological polar surface area (TPSA) is 122 Å². The fraction of sp³-hybridized carbons (Fsp3) is 0.700. The average molecular weight is 243 g/mol. The molecule has 0 aliphatic carbocycles. The lowest BCUT2D eigenvalue weighted by Gasteiger charge is -2.32. The molecule has 1 heterocycles. The number of hydrogen-bond acceptors (Lipinski definition) is 4. The second-order valence-corrected chi connectivity index (χ2v) is 4.28.